The van der Waals surface area contributed by atoms with Crippen LogP contribution in [0.5, 0.6) is 0 Å². The Morgan fingerprint density at radius 1 is 1.36 bits per heavy atom. The van der Waals surface area contributed by atoms with E-state index in [1.807, 2.05) is 0 Å². The van der Waals surface area contributed by atoms with E-state index >= 15 is 0 Å². The van der Waals surface area contributed by atoms with E-state index in [2.05, 4.69) is 0 Å². The van der Waals surface area contributed by atoms with Crippen molar-refractivity contribution in [1.29, 1.82) is 0 Å². The molecule has 0 fully saturated rings. The van der Waals surface area contributed by atoms with Gasteiger partial charge < -0.3 is 20.4 Å². The standard InChI is InChI=1S/C2H4O2.H3N.H2O4S.Sr/c1-2(3)4;;1-5(2,3)4;/h1H3,(H,3,4);1H3;(H2,1,2,3,4);/q;;;+2/p-2. The summed E-state index contributed by atoms with van der Waals surface area (Å²) < 4.78 is 34.1. The molecule has 0 aromatic rings. The molecule has 0 atom stereocenters. The molecule has 0 saturated heterocycles. The van der Waals surface area contributed by atoms with Crippen LogP contribution < -0.4 is 6.15 Å². The minimum atomic E-state index is -5.17. The van der Waals surface area contributed by atoms with E-state index in [0.29, 0.717) is 0 Å². The van der Waals surface area contributed by atoms with Crippen LogP contribution in [0.4, 0.5) is 0 Å². The summed E-state index contributed by atoms with van der Waals surface area (Å²) in [6, 6.07) is 0. The molecule has 0 aromatic carbocycles. The zero-order chi connectivity index (χ0) is 8.08. The van der Waals surface area contributed by atoms with Crippen LogP contribution in [0, 0.1) is 0 Å². The molecule has 7 nitrogen and oxygen atoms in total. The summed E-state index contributed by atoms with van der Waals surface area (Å²) >= 11 is 0. The Bertz CT molecular complexity index is 163. The Morgan fingerprint density at radius 2 is 1.36 bits per heavy atom. The minimum Gasteiger partial charge on any atom is -0.759 e. The van der Waals surface area contributed by atoms with Crippen molar-refractivity contribution in [3.8, 4) is 0 Å². The number of rotatable bonds is 0. The molecule has 0 aromatic heterocycles. The number of aliphatic carboxylic acids is 1. The first kappa shape index (κ1) is 22.6. The fourth-order valence-corrected chi connectivity index (χ4v) is 0. The van der Waals surface area contributed by atoms with Crippen molar-refractivity contribution < 1.29 is 27.4 Å². The molecule has 0 rings (SSSR count). The van der Waals surface area contributed by atoms with Gasteiger partial charge in [0.15, 0.2) is 0 Å². The zero-order valence-electron chi connectivity index (χ0n) is 5.81. The molecule has 11 heavy (non-hydrogen) atoms. The average molecular weight is 261 g/mol. The molecule has 0 aliphatic rings. The molecule has 0 unspecified atom stereocenters. The van der Waals surface area contributed by atoms with Gasteiger partial charge in [0.1, 0.15) is 0 Å². The van der Waals surface area contributed by atoms with Crippen molar-refractivity contribution in [2.45, 2.75) is 6.92 Å². The summed E-state index contributed by atoms with van der Waals surface area (Å²) in [5.41, 5.74) is 0. The van der Waals surface area contributed by atoms with Gasteiger partial charge >= 0.3 is 45.5 Å². The first-order valence-corrected chi connectivity index (χ1v) is 2.93. The maximum absolute atomic E-state index is 9.00. The van der Waals surface area contributed by atoms with E-state index in [1.165, 1.54) is 0 Å². The summed E-state index contributed by atoms with van der Waals surface area (Å²) in [7, 11) is -5.17. The zero-order valence-corrected chi connectivity index (χ0v) is 10.1. The molecule has 0 aliphatic carbocycles. The maximum Gasteiger partial charge on any atom is 2.00 e. The van der Waals surface area contributed by atoms with Crippen LogP contribution in [0.3, 0.4) is 0 Å². The van der Waals surface area contributed by atoms with Gasteiger partial charge in [-0.1, -0.05) is 0 Å². The van der Waals surface area contributed by atoms with Crippen LogP contribution in [0.1, 0.15) is 6.92 Å². The molecule has 0 amide bonds. The second kappa shape index (κ2) is 10.8. The maximum atomic E-state index is 9.00. The SMILES string of the molecule is CC(=O)O.N.O=S(=O)([O-])[O-].[Sr+2]. The first-order chi connectivity index (χ1) is 3.73. The molecule has 0 aliphatic heterocycles. The van der Waals surface area contributed by atoms with Crippen LogP contribution in [-0.4, -0.2) is 74.1 Å². The van der Waals surface area contributed by atoms with Gasteiger partial charge in [-0.2, -0.15) is 0 Å². The summed E-state index contributed by atoms with van der Waals surface area (Å²) in [6.45, 7) is 1.08. The predicted molar refractivity (Wildman–Crippen MR) is 34.6 cm³/mol. The van der Waals surface area contributed by atoms with Crippen LogP contribution in [0.2, 0.25) is 0 Å². The van der Waals surface area contributed by atoms with E-state index in [4.69, 9.17) is 27.4 Å². The van der Waals surface area contributed by atoms with Crippen LogP contribution in [0.25, 0.3) is 0 Å². The van der Waals surface area contributed by atoms with Crippen molar-refractivity contribution in [3.05, 3.63) is 0 Å². The third-order valence-corrected chi connectivity index (χ3v) is 0. The fraction of sp³-hybridized carbons (Fsp3) is 0.500. The van der Waals surface area contributed by atoms with Crippen LogP contribution in [0.15, 0.2) is 0 Å². The molecule has 0 heterocycles. The Balaban J connectivity index is -0.0000000383. The van der Waals surface area contributed by atoms with Crippen molar-refractivity contribution in [2.75, 3.05) is 0 Å². The van der Waals surface area contributed by atoms with Crippen molar-refractivity contribution >= 4 is 61.8 Å². The van der Waals surface area contributed by atoms with Gasteiger partial charge in [0, 0.05) is 17.3 Å². The van der Waals surface area contributed by atoms with E-state index < -0.39 is 16.4 Å². The van der Waals surface area contributed by atoms with Gasteiger partial charge in [-0.05, 0) is 0 Å². The quantitative estimate of drug-likeness (QED) is 0.306. The second-order valence-corrected chi connectivity index (χ2v) is 1.74. The predicted octanol–water partition coefficient (Wildman–Crippen LogP) is -1.47. The number of carbonyl (C=O) groups is 1. The Kier molecular flexibility index (Phi) is 22.2. The fourth-order valence-electron chi connectivity index (χ4n) is 0. The number of carboxylic acid groups (broad SMARTS) is 1. The summed E-state index contributed by atoms with van der Waals surface area (Å²) in [5.74, 6) is -0.833. The number of hydrogen-bond donors (Lipinski definition) is 2. The number of carboxylic acids is 1. The average Bonchev–Trinajstić information content (AvgIpc) is 1.19. The third-order valence-electron chi connectivity index (χ3n) is 0. The molecule has 4 N–H and O–H groups in total. The summed E-state index contributed by atoms with van der Waals surface area (Å²) in [4.78, 5) is 9.00. The van der Waals surface area contributed by atoms with E-state index in [1.54, 1.807) is 0 Å². The Labute approximate surface area is 101 Å². The van der Waals surface area contributed by atoms with Crippen LogP contribution in [-0.2, 0) is 15.2 Å². The number of hydrogen-bond acceptors (Lipinski definition) is 6. The van der Waals surface area contributed by atoms with Gasteiger partial charge in [0.25, 0.3) is 5.97 Å². The molecule has 0 spiro atoms. The topological polar surface area (TPSA) is 153 Å². The molecule has 64 valence electrons. The molecule has 9 heteroatoms. The van der Waals surface area contributed by atoms with Crippen molar-refractivity contribution in [1.82, 2.24) is 6.15 Å². The molecular formula is C2H7NO6SSr. The first-order valence-electron chi connectivity index (χ1n) is 1.59. The molecule has 0 saturated carbocycles. The van der Waals surface area contributed by atoms with E-state index in [0.717, 1.165) is 6.92 Å². The Hall–Kier alpha value is 0.781. The Morgan fingerprint density at radius 3 is 1.36 bits per heavy atom. The molecule has 0 radical (unpaired) electrons. The van der Waals surface area contributed by atoms with Gasteiger partial charge in [0.05, 0.1) is 0 Å². The van der Waals surface area contributed by atoms with Gasteiger partial charge in [0.2, 0.25) is 0 Å². The van der Waals surface area contributed by atoms with Crippen molar-refractivity contribution in [3.63, 3.8) is 0 Å². The molecular weight excluding hydrogens is 254 g/mol. The second-order valence-electron chi connectivity index (χ2n) is 0.927. The largest absolute Gasteiger partial charge is 2.00 e. The normalized spacial score (nSPS) is 7.55. The van der Waals surface area contributed by atoms with E-state index in [9.17, 15) is 0 Å². The summed E-state index contributed by atoms with van der Waals surface area (Å²) in [6.07, 6.45) is 0. The van der Waals surface area contributed by atoms with Gasteiger partial charge in [-0.3, -0.25) is 13.2 Å². The third kappa shape index (κ3) is 1360. The molecule has 0 bridgehead atoms. The van der Waals surface area contributed by atoms with Crippen LogP contribution >= 0.6 is 0 Å². The smallest absolute Gasteiger partial charge is 0.759 e. The van der Waals surface area contributed by atoms with Crippen molar-refractivity contribution in [2.24, 2.45) is 0 Å². The van der Waals surface area contributed by atoms with Gasteiger partial charge in [-0.15, -0.1) is 0 Å². The van der Waals surface area contributed by atoms with Gasteiger partial charge in [-0.25, -0.2) is 0 Å². The van der Waals surface area contributed by atoms with E-state index in [-0.39, 0.29) is 51.6 Å². The summed E-state index contributed by atoms with van der Waals surface area (Å²) in [5, 5.41) is 7.42. The monoisotopic (exact) mass is 261 g/mol. The minimum absolute atomic E-state index is 0.